The third kappa shape index (κ3) is 4.29. The number of benzene rings is 2. The van der Waals surface area contributed by atoms with Crippen LogP contribution >= 0.6 is 11.6 Å². The molecule has 2 aliphatic rings. The number of piperidine rings is 1. The Labute approximate surface area is 172 Å². The highest BCUT2D eigenvalue weighted by molar-refractivity contribution is 6.34. The Morgan fingerprint density at radius 2 is 1.79 bits per heavy atom. The number of nitrogens with one attached hydrogen (secondary N) is 1. The summed E-state index contributed by atoms with van der Waals surface area (Å²) in [5.74, 6) is -0.0908. The SMILES string of the molecule is O=C(Nc1cc2c(cc1Cl)OCCO2)C1CCCN(C(=O)c2ccc(F)cc2)C1. The molecule has 0 saturated carbocycles. The Kier molecular flexibility index (Phi) is 5.58. The van der Waals surface area contributed by atoms with Crippen molar-refractivity contribution in [3.05, 3.63) is 52.8 Å². The van der Waals surface area contributed by atoms with E-state index in [0.29, 0.717) is 66.9 Å². The van der Waals surface area contributed by atoms with Crippen LogP contribution in [0.3, 0.4) is 0 Å². The lowest BCUT2D eigenvalue weighted by molar-refractivity contribution is -0.121. The number of anilines is 1. The standard InChI is InChI=1S/C21H20ClFN2O4/c22-16-10-18-19(29-9-8-28-18)11-17(16)24-20(26)14-2-1-7-25(12-14)21(27)13-3-5-15(23)6-4-13/h3-6,10-11,14H,1-2,7-9,12H2,(H,24,26). The third-order valence-corrected chi connectivity index (χ3v) is 5.37. The van der Waals surface area contributed by atoms with Crippen molar-refractivity contribution in [2.75, 3.05) is 31.6 Å². The van der Waals surface area contributed by atoms with Gasteiger partial charge < -0.3 is 19.7 Å². The quantitative estimate of drug-likeness (QED) is 0.824. The van der Waals surface area contributed by atoms with Gasteiger partial charge in [0.15, 0.2) is 11.5 Å². The number of ether oxygens (including phenoxy) is 2. The van der Waals surface area contributed by atoms with Crippen molar-refractivity contribution in [1.82, 2.24) is 4.90 Å². The highest BCUT2D eigenvalue weighted by Crippen LogP contribution is 2.38. The number of nitrogens with zero attached hydrogens (tertiary/aromatic N) is 1. The summed E-state index contributed by atoms with van der Waals surface area (Å²) < 4.78 is 24.1. The van der Waals surface area contributed by atoms with Crippen molar-refractivity contribution >= 4 is 29.1 Å². The van der Waals surface area contributed by atoms with Gasteiger partial charge >= 0.3 is 0 Å². The first kappa shape index (κ1) is 19.5. The smallest absolute Gasteiger partial charge is 0.253 e. The van der Waals surface area contributed by atoms with E-state index in [1.165, 1.54) is 24.3 Å². The topological polar surface area (TPSA) is 67.9 Å². The maximum atomic E-state index is 13.1. The van der Waals surface area contributed by atoms with Gasteiger partial charge in [0.2, 0.25) is 5.91 Å². The summed E-state index contributed by atoms with van der Waals surface area (Å²) in [6, 6.07) is 8.69. The van der Waals surface area contributed by atoms with Gasteiger partial charge in [-0.05, 0) is 37.1 Å². The highest BCUT2D eigenvalue weighted by Gasteiger charge is 2.29. The number of halogens is 2. The fourth-order valence-electron chi connectivity index (χ4n) is 3.55. The average molecular weight is 419 g/mol. The molecule has 1 fully saturated rings. The molecule has 0 aromatic heterocycles. The van der Waals surface area contributed by atoms with Gasteiger partial charge in [-0.25, -0.2) is 4.39 Å². The van der Waals surface area contributed by atoms with Crippen LogP contribution in [0.25, 0.3) is 0 Å². The zero-order valence-electron chi connectivity index (χ0n) is 15.6. The number of carbonyl (C=O) groups excluding carboxylic acids is 2. The second-order valence-electron chi connectivity index (χ2n) is 7.06. The lowest BCUT2D eigenvalue weighted by Gasteiger charge is -2.32. The van der Waals surface area contributed by atoms with E-state index in [0.717, 1.165) is 0 Å². The lowest BCUT2D eigenvalue weighted by Crippen LogP contribution is -2.43. The molecule has 1 saturated heterocycles. The van der Waals surface area contributed by atoms with Crippen molar-refractivity contribution < 1.29 is 23.5 Å². The van der Waals surface area contributed by atoms with Gasteiger partial charge in [-0.1, -0.05) is 11.6 Å². The van der Waals surface area contributed by atoms with Crippen LogP contribution in [0.2, 0.25) is 5.02 Å². The van der Waals surface area contributed by atoms with Gasteiger partial charge in [-0.15, -0.1) is 0 Å². The number of amides is 2. The number of hydrogen-bond acceptors (Lipinski definition) is 4. The molecule has 29 heavy (non-hydrogen) atoms. The molecule has 2 aromatic carbocycles. The summed E-state index contributed by atoms with van der Waals surface area (Å²) in [6.07, 6.45) is 1.38. The minimum absolute atomic E-state index is 0.208. The van der Waals surface area contributed by atoms with Gasteiger partial charge in [0.25, 0.3) is 5.91 Å². The number of carbonyl (C=O) groups is 2. The Hall–Kier alpha value is -2.80. The van der Waals surface area contributed by atoms with Crippen molar-refractivity contribution in [2.45, 2.75) is 12.8 Å². The summed E-state index contributed by atoms with van der Waals surface area (Å²) in [5.41, 5.74) is 0.852. The molecule has 1 unspecified atom stereocenters. The zero-order valence-corrected chi connectivity index (χ0v) is 16.4. The molecule has 0 spiro atoms. The monoisotopic (exact) mass is 418 g/mol. The van der Waals surface area contributed by atoms with Gasteiger partial charge in [-0.2, -0.15) is 0 Å². The zero-order chi connectivity index (χ0) is 20.4. The molecule has 1 atom stereocenters. The van der Waals surface area contributed by atoms with Crippen LogP contribution in [-0.2, 0) is 4.79 Å². The predicted molar refractivity (Wildman–Crippen MR) is 106 cm³/mol. The minimum Gasteiger partial charge on any atom is -0.486 e. The summed E-state index contributed by atoms with van der Waals surface area (Å²) >= 11 is 6.27. The molecule has 2 amide bonds. The van der Waals surface area contributed by atoms with Crippen molar-refractivity contribution in [3.8, 4) is 11.5 Å². The molecule has 0 aliphatic carbocycles. The predicted octanol–water partition coefficient (Wildman–Crippen LogP) is 3.74. The van der Waals surface area contributed by atoms with Gasteiger partial charge in [0.05, 0.1) is 16.6 Å². The highest BCUT2D eigenvalue weighted by atomic mass is 35.5. The van der Waals surface area contributed by atoms with Crippen molar-refractivity contribution in [3.63, 3.8) is 0 Å². The molecular formula is C21H20ClFN2O4. The Bertz CT molecular complexity index is 935. The first-order valence-electron chi connectivity index (χ1n) is 9.46. The molecule has 6 nitrogen and oxygen atoms in total. The van der Waals surface area contributed by atoms with E-state index in [4.69, 9.17) is 21.1 Å². The van der Waals surface area contributed by atoms with Gasteiger partial charge in [-0.3, -0.25) is 9.59 Å². The number of likely N-dealkylation sites (tertiary alicyclic amines) is 1. The third-order valence-electron chi connectivity index (χ3n) is 5.06. The van der Waals surface area contributed by atoms with Crippen LogP contribution in [0.15, 0.2) is 36.4 Å². The van der Waals surface area contributed by atoms with E-state index in [1.807, 2.05) is 0 Å². The van der Waals surface area contributed by atoms with Crippen molar-refractivity contribution in [2.24, 2.45) is 5.92 Å². The second-order valence-corrected chi connectivity index (χ2v) is 7.47. The Morgan fingerprint density at radius 3 is 2.52 bits per heavy atom. The van der Waals surface area contributed by atoms with Gasteiger partial charge in [0, 0.05) is 30.8 Å². The largest absolute Gasteiger partial charge is 0.486 e. The molecule has 2 aliphatic heterocycles. The minimum atomic E-state index is -0.395. The number of rotatable bonds is 3. The summed E-state index contributed by atoms with van der Waals surface area (Å²) in [7, 11) is 0. The van der Waals surface area contributed by atoms with Crippen LogP contribution in [0.4, 0.5) is 10.1 Å². The summed E-state index contributed by atoms with van der Waals surface area (Å²) in [6.45, 7) is 1.75. The van der Waals surface area contributed by atoms with Crippen LogP contribution in [-0.4, -0.2) is 43.0 Å². The van der Waals surface area contributed by atoms with E-state index < -0.39 is 5.82 Å². The summed E-state index contributed by atoms with van der Waals surface area (Å²) in [4.78, 5) is 27.1. The lowest BCUT2D eigenvalue weighted by atomic mass is 9.96. The van der Waals surface area contributed by atoms with E-state index >= 15 is 0 Å². The van der Waals surface area contributed by atoms with Crippen LogP contribution in [0, 0.1) is 11.7 Å². The summed E-state index contributed by atoms with van der Waals surface area (Å²) in [5, 5.41) is 3.20. The Balaban J connectivity index is 1.44. The average Bonchev–Trinajstić information content (AvgIpc) is 2.74. The molecule has 4 rings (SSSR count). The second kappa shape index (κ2) is 8.29. The fourth-order valence-corrected chi connectivity index (χ4v) is 3.75. The van der Waals surface area contributed by atoms with E-state index in [-0.39, 0.29) is 17.7 Å². The van der Waals surface area contributed by atoms with Crippen LogP contribution < -0.4 is 14.8 Å². The Morgan fingerprint density at radius 1 is 1.10 bits per heavy atom. The van der Waals surface area contributed by atoms with E-state index in [9.17, 15) is 14.0 Å². The number of hydrogen-bond donors (Lipinski definition) is 1. The molecule has 2 aromatic rings. The molecule has 0 radical (unpaired) electrons. The van der Waals surface area contributed by atoms with Gasteiger partial charge in [0.1, 0.15) is 19.0 Å². The first-order chi connectivity index (χ1) is 14.0. The molecule has 2 heterocycles. The fraction of sp³-hybridized carbons (Fsp3) is 0.333. The van der Waals surface area contributed by atoms with E-state index in [1.54, 1.807) is 17.0 Å². The normalized spacial score (nSPS) is 18.3. The molecule has 152 valence electrons. The maximum Gasteiger partial charge on any atom is 0.253 e. The maximum absolute atomic E-state index is 13.1. The first-order valence-corrected chi connectivity index (χ1v) is 9.84. The molecule has 8 heteroatoms. The van der Waals surface area contributed by atoms with Crippen LogP contribution in [0.1, 0.15) is 23.2 Å². The number of fused-ring (bicyclic) bond motifs is 1. The van der Waals surface area contributed by atoms with Crippen molar-refractivity contribution in [1.29, 1.82) is 0 Å². The molecular weight excluding hydrogens is 399 g/mol. The molecule has 1 N–H and O–H groups in total. The van der Waals surface area contributed by atoms with E-state index in [2.05, 4.69) is 5.32 Å². The molecule has 0 bridgehead atoms. The van der Waals surface area contributed by atoms with Crippen LogP contribution in [0.5, 0.6) is 11.5 Å².